The van der Waals surface area contributed by atoms with Crippen LogP contribution >= 0.6 is 11.6 Å². The third kappa shape index (κ3) is 7.50. The van der Waals surface area contributed by atoms with Gasteiger partial charge in [-0.15, -0.1) is 0 Å². The van der Waals surface area contributed by atoms with E-state index in [0.29, 0.717) is 42.3 Å². The number of hydrogen-bond donors (Lipinski definition) is 2. The second-order valence-electron chi connectivity index (χ2n) is 9.36. The van der Waals surface area contributed by atoms with Gasteiger partial charge in [0.1, 0.15) is 5.75 Å². The maximum Gasteiger partial charge on any atom is 0.243 e. The lowest BCUT2D eigenvalue weighted by atomic mass is 10.1. The number of methoxy groups -OCH3 is 1. The van der Waals surface area contributed by atoms with Crippen molar-refractivity contribution in [1.29, 1.82) is 0 Å². The molecule has 0 spiro atoms. The summed E-state index contributed by atoms with van der Waals surface area (Å²) in [5.41, 5.74) is 3.43. The first-order valence-corrected chi connectivity index (χ1v) is 14.8. The van der Waals surface area contributed by atoms with Crippen molar-refractivity contribution in [1.82, 2.24) is 14.6 Å². The van der Waals surface area contributed by atoms with Gasteiger partial charge >= 0.3 is 0 Å². The predicted octanol–water partition coefficient (Wildman–Crippen LogP) is 5.06. The van der Waals surface area contributed by atoms with Crippen LogP contribution in [0.1, 0.15) is 17.5 Å². The third-order valence-corrected chi connectivity index (χ3v) is 8.59. The van der Waals surface area contributed by atoms with E-state index >= 15 is 0 Å². The lowest BCUT2D eigenvalue weighted by Crippen LogP contribution is -2.42. The molecule has 0 bridgehead atoms. The van der Waals surface area contributed by atoms with Crippen molar-refractivity contribution in [3.63, 3.8) is 0 Å². The summed E-state index contributed by atoms with van der Waals surface area (Å²) in [5.74, 6) is 0.246. The normalized spacial score (nSPS) is 11.5. The van der Waals surface area contributed by atoms with E-state index in [1.54, 1.807) is 25.3 Å². The number of carbonyl (C=O) groups excluding carboxylic acids is 1. The number of aromatic nitrogens is 1. The van der Waals surface area contributed by atoms with Crippen LogP contribution in [0, 0.1) is 6.92 Å². The standard InChI is InChI=1S/C30H33ClN4O4S/c1-22-19-25(10-12-29(22)39-2)40(37,38)35(18-14-23-7-4-3-5-8-23)21-30(36)34-16-6-15-32-27-13-17-33-28-20-24(31)9-11-26(27)28/h3-5,7-13,17,19-20H,6,14-16,18,21H2,1-2H3,(H,32,33)(H,34,36). The van der Waals surface area contributed by atoms with Gasteiger partial charge < -0.3 is 15.4 Å². The number of anilines is 1. The van der Waals surface area contributed by atoms with Crippen molar-refractivity contribution in [2.75, 3.05) is 38.6 Å². The number of sulfonamides is 1. The van der Waals surface area contributed by atoms with Crippen LogP contribution in [0.4, 0.5) is 5.69 Å². The molecule has 0 aliphatic rings. The number of nitrogens with zero attached hydrogens (tertiary/aromatic N) is 2. The van der Waals surface area contributed by atoms with Crippen molar-refractivity contribution in [3.05, 3.63) is 95.1 Å². The van der Waals surface area contributed by atoms with Crippen molar-refractivity contribution < 1.29 is 17.9 Å². The van der Waals surface area contributed by atoms with Gasteiger partial charge in [-0.25, -0.2) is 8.42 Å². The molecule has 0 unspecified atom stereocenters. The SMILES string of the molecule is COc1ccc(S(=O)(=O)N(CCc2ccccc2)CC(=O)NCCCNc2ccnc3cc(Cl)ccc23)cc1C. The van der Waals surface area contributed by atoms with Gasteiger partial charge in [0.25, 0.3) is 0 Å². The molecule has 1 aromatic heterocycles. The Morgan fingerprint density at radius 1 is 1.02 bits per heavy atom. The predicted molar refractivity (Wildman–Crippen MR) is 160 cm³/mol. The Hall–Kier alpha value is -3.66. The molecule has 0 aliphatic heterocycles. The molecule has 4 rings (SSSR count). The molecule has 8 nitrogen and oxygen atoms in total. The van der Waals surface area contributed by atoms with E-state index in [1.807, 2.05) is 54.6 Å². The molecule has 0 aliphatic carbocycles. The van der Waals surface area contributed by atoms with Crippen LogP contribution in [0.25, 0.3) is 10.9 Å². The molecule has 0 saturated carbocycles. The number of amides is 1. The van der Waals surface area contributed by atoms with Crippen molar-refractivity contribution in [3.8, 4) is 5.75 Å². The average Bonchev–Trinajstić information content (AvgIpc) is 2.95. The summed E-state index contributed by atoms with van der Waals surface area (Å²) in [6.45, 7) is 2.70. The van der Waals surface area contributed by atoms with Gasteiger partial charge in [-0.3, -0.25) is 9.78 Å². The molecule has 0 fully saturated rings. The Bertz CT molecular complexity index is 1570. The topological polar surface area (TPSA) is 101 Å². The minimum Gasteiger partial charge on any atom is -0.496 e. The van der Waals surface area contributed by atoms with E-state index < -0.39 is 10.0 Å². The number of benzene rings is 3. The summed E-state index contributed by atoms with van der Waals surface area (Å²) in [6, 6.07) is 21.8. The number of halogens is 1. The number of ether oxygens (including phenoxy) is 1. The number of carbonyl (C=O) groups is 1. The van der Waals surface area contributed by atoms with Gasteiger partial charge in [-0.1, -0.05) is 41.9 Å². The van der Waals surface area contributed by atoms with Gasteiger partial charge in [0.05, 0.1) is 24.1 Å². The Kier molecular flexibility index (Phi) is 9.98. The second kappa shape index (κ2) is 13.6. The fourth-order valence-electron chi connectivity index (χ4n) is 4.37. The van der Waals surface area contributed by atoms with Gasteiger partial charge in [0.2, 0.25) is 15.9 Å². The maximum atomic E-state index is 13.6. The molecule has 0 radical (unpaired) electrons. The number of nitrogens with one attached hydrogen (secondary N) is 2. The number of fused-ring (bicyclic) bond motifs is 1. The van der Waals surface area contributed by atoms with Crippen molar-refractivity contribution in [2.24, 2.45) is 0 Å². The minimum absolute atomic E-state index is 0.127. The fraction of sp³-hybridized carbons (Fsp3) is 0.267. The van der Waals surface area contributed by atoms with E-state index in [1.165, 1.54) is 17.5 Å². The van der Waals surface area contributed by atoms with Crippen LogP contribution in [0.2, 0.25) is 5.02 Å². The highest BCUT2D eigenvalue weighted by Gasteiger charge is 2.27. The Morgan fingerprint density at radius 2 is 1.82 bits per heavy atom. The monoisotopic (exact) mass is 580 g/mol. The summed E-state index contributed by atoms with van der Waals surface area (Å²) in [4.78, 5) is 17.3. The third-order valence-electron chi connectivity index (χ3n) is 6.51. The number of pyridine rings is 1. The fourth-order valence-corrected chi connectivity index (χ4v) is 6.02. The summed E-state index contributed by atoms with van der Waals surface area (Å²) in [7, 11) is -2.38. The van der Waals surface area contributed by atoms with E-state index in [2.05, 4.69) is 15.6 Å². The molecule has 4 aromatic rings. The summed E-state index contributed by atoms with van der Waals surface area (Å²) < 4.78 is 33.7. The van der Waals surface area contributed by atoms with Gasteiger partial charge in [-0.2, -0.15) is 4.31 Å². The molecule has 0 atom stereocenters. The molecule has 10 heteroatoms. The highest BCUT2D eigenvalue weighted by molar-refractivity contribution is 7.89. The van der Waals surface area contributed by atoms with Crippen LogP contribution in [0.3, 0.4) is 0 Å². The molecule has 1 heterocycles. The van der Waals surface area contributed by atoms with Crippen LogP contribution in [-0.4, -0.2) is 56.9 Å². The van der Waals surface area contributed by atoms with E-state index in [4.69, 9.17) is 16.3 Å². The van der Waals surface area contributed by atoms with Crippen molar-refractivity contribution >= 4 is 44.1 Å². The zero-order chi connectivity index (χ0) is 28.5. The average molecular weight is 581 g/mol. The first-order valence-electron chi connectivity index (χ1n) is 13.0. The number of hydrogen-bond acceptors (Lipinski definition) is 6. The van der Waals surface area contributed by atoms with E-state index in [-0.39, 0.29) is 23.9 Å². The highest BCUT2D eigenvalue weighted by Crippen LogP contribution is 2.25. The Morgan fingerprint density at radius 3 is 2.58 bits per heavy atom. The van der Waals surface area contributed by atoms with E-state index in [0.717, 1.165) is 22.2 Å². The Balaban J connectivity index is 1.36. The maximum absolute atomic E-state index is 13.6. The first kappa shape index (κ1) is 29.3. The minimum atomic E-state index is -3.92. The van der Waals surface area contributed by atoms with Gasteiger partial charge in [-0.05, 0) is 73.4 Å². The molecule has 3 aromatic carbocycles. The summed E-state index contributed by atoms with van der Waals surface area (Å²) in [6.07, 6.45) is 2.85. The number of rotatable bonds is 13. The van der Waals surface area contributed by atoms with Gasteiger partial charge in [0.15, 0.2) is 0 Å². The quantitative estimate of drug-likeness (QED) is 0.215. The largest absolute Gasteiger partial charge is 0.496 e. The van der Waals surface area contributed by atoms with Crippen LogP contribution in [-0.2, 0) is 21.2 Å². The van der Waals surface area contributed by atoms with Crippen LogP contribution in [0.15, 0.2) is 83.9 Å². The zero-order valence-electron chi connectivity index (χ0n) is 22.6. The lowest BCUT2D eigenvalue weighted by molar-refractivity contribution is -0.121. The smallest absolute Gasteiger partial charge is 0.243 e. The zero-order valence-corrected chi connectivity index (χ0v) is 24.1. The molecule has 2 N–H and O–H groups in total. The highest BCUT2D eigenvalue weighted by atomic mass is 35.5. The van der Waals surface area contributed by atoms with Gasteiger partial charge in [0, 0.05) is 41.9 Å². The molecule has 1 amide bonds. The lowest BCUT2D eigenvalue weighted by Gasteiger charge is -2.22. The summed E-state index contributed by atoms with van der Waals surface area (Å²) in [5, 5.41) is 7.82. The second-order valence-corrected chi connectivity index (χ2v) is 11.7. The van der Waals surface area contributed by atoms with Crippen molar-refractivity contribution in [2.45, 2.75) is 24.7 Å². The number of aryl methyl sites for hydroxylation is 1. The van der Waals surface area contributed by atoms with Crippen LogP contribution in [0.5, 0.6) is 5.75 Å². The van der Waals surface area contributed by atoms with Crippen LogP contribution < -0.4 is 15.4 Å². The molecule has 40 heavy (non-hydrogen) atoms. The molecule has 210 valence electrons. The first-order chi connectivity index (χ1) is 19.3. The summed E-state index contributed by atoms with van der Waals surface area (Å²) >= 11 is 6.07. The molecule has 0 saturated heterocycles. The van der Waals surface area contributed by atoms with E-state index in [9.17, 15) is 13.2 Å². The Labute approximate surface area is 240 Å². The molecular weight excluding hydrogens is 548 g/mol. The molecular formula is C30H33ClN4O4S.